The normalized spacial score (nSPS) is 30.2. The number of aryl methyl sites for hydroxylation is 2. The summed E-state index contributed by atoms with van der Waals surface area (Å²) in [7, 11) is 0. The van der Waals surface area contributed by atoms with Crippen LogP contribution in [0.4, 0.5) is 5.69 Å². The van der Waals surface area contributed by atoms with E-state index in [-0.39, 0.29) is 25.0 Å². The van der Waals surface area contributed by atoms with Crippen molar-refractivity contribution in [3.8, 4) is 0 Å². The number of fused-ring (bicyclic) bond motifs is 2. The quantitative estimate of drug-likeness (QED) is 0.461. The van der Waals surface area contributed by atoms with E-state index < -0.39 is 41.6 Å². The molecule has 1 N–H and O–H groups in total. The summed E-state index contributed by atoms with van der Waals surface area (Å²) in [5.74, 6) is -3.01. The lowest BCUT2D eigenvalue weighted by atomic mass is 9.77. The van der Waals surface area contributed by atoms with E-state index in [0.29, 0.717) is 19.4 Å². The van der Waals surface area contributed by atoms with E-state index in [4.69, 9.17) is 9.47 Å². The first kappa shape index (κ1) is 26.5. The molecular weight excluding hydrogens is 508 g/mol. The van der Waals surface area contributed by atoms with Crippen molar-refractivity contribution in [2.75, 3.05) is 24.7 Å². The van der Waals surface area contributed by atoms with Crippen LogP contribution in [0.1, 0.15) is 23.1 Å². The van der Waals surface area contributed by atoms with E-state index in [2.05, 4.69) is 0 Å². The molecule has 4 aliphatic heterocycles. The number of hydrogen-bond acceptors (Lipinski definition) is 6. The zero-order chi connectivity index (χ0) is 28.0. The molecule has 8 nitrogen and oxygen atoms in total. The Labute approximate surface area is 233 Å². The Morgan fingerprint density at radius 3 is 2.48 bits per heavy atom. The van der Waals surface area contributed by atoms with Crippen molar-refractivity contribution in [1.82, 2.24) is 4.90 Å². The van der Waals surface area contributed by atoms with Gasteiger partial charge in [-0.3, -0.25) is 14.4 Å². The van der Waals surface area contributed by atoms with Gasteiger partial charge >= 0.3 is 5.97 Å². The highest BCUT2D eigenvalue weighted by Gasteiger charge is 2.72. The SMILES string of the molecule is Cc1cccc(C)c1N1CC=C[C@]23O[C@H]4C=CCCOC(=O)[C@H]4[C@H]2C(=O)N([C@@H](CO)Cc2ccccc2)C3C1=O. The van der Waals surface area contributed by atoms with Gasteiger partial charge in [0.2, 0.25) is 5.91 Å². The second-order valence-corrected chi connectivity index (χ2v) is 11.1. The van der Waals surface area contributed by atoms with E-state index in [1.165, 1.54) is 4.90 Å². The van der Waals surface area contributed by atoms with Crippen LogP contribution in [0.15, 0.2) is 72.8 Å². The first-order valence-corrected chi connectivity index (χ1v) is 13.9. The monoisotopic (exact) mass is 542 g/mol. The van der Waals surface area contributed by atoms with E-state index in [9.17, 15) is 19.5 Å². The number of aliphatic hydroxyl groups excluding tert-OH is 1. The summed E-state index contributed by atoms with van der Waals surface area (Å²) in [6, 6.07) is 13.7. The predicted octanol–water partition coefficient (Wildman–Crippen LogP) is 2.89. The number of nitrogens with zero attached hydrogens (tertiary/aromatic N) is 2. The topological polar surface area (TPSA) is 96.4 Å². The number of hydrogen-bond donors (Lipinski definition) is 1. The maximum absolute atomic E-state index is 14.7. The maximum atomic E-state index is 14.7. The molecule has 0 saturated carbocycles. The lowest BCUT2D eigenvalue weighted by Crippen LogP contribution is -2.58. The molecule has 1 unspecified atom stereocenters. The molecule has 2 saturated heterocycles. The summed E-state index contributed by atoms with van der Waals surface area (Å²) < 4.78 is 12.2. The number of amides is 2. The van der Waals surface area contributed by atoms with Crippen LogP contribution >= 0.6 is 0 Å². The standard InChI is InChI=1S/C32H34N2O6/c1-20-10-8-11-21(2)27(20)33-16-9-15-32-26(25-24(40-32)14-6-7-17-39-31(25)38)29(36)34(28(32)30(33)37)23(19-35)18-22-12-4-3-5-13-22/h3-6,8-15,23-26,28,35H,7,16-19H2,1-2H3/t23-,24+,25-,26+,28?,32+/m1/s1. The molecule has 0 aliphatic carbocycles. The zero-order valence-corrected chi connectivity index (χ0v) is 22.7. The van der Waals surface area contributed by atoms with Crippen molar-refractivity contribution >= 4 is 23.5 Å². The summed E-state index contributed by atoms with van der Waals surface area (Å²) >= 11 is 0. The van der Waals surface area contributed by atoms with Crippen LogP contribution in [0.2, 0.25) is 0 Å². The second kappa shape index (κ2) is 10.3. The van der Waals surface area contributed by atoms with Crippen molar-refractivity contribution in [3.05, 3.63) is 89.5 Å². The number of ether oxygens (including phenoxy) is 2. The van der Waals surface area contributed by atoms with Crippen LogP contribution in [-0.2, 0) is 30.3 Å². The van der Waals surface area contributed by atoms with Gasteiger partial charge < -0.3 is 24.4 Å². The summed E-state index contributed by atoms with van der Waals surface area (Å²) in [6.45, 7) is 4.08. The Morgan fingerprint density at radius 1 is 1.00 bits per heavy atom. The van der Waals surface area contributed by atoms with Gasteiger partial charge in [0.1, 0.15) is 17.6 Å². The fraction of sp³-hybridized carbons (Fsp3) is 0.406. The highest BCUT2D eigenvalue weighted by Crippen LogP contribution is 2.54. The first-order valence-electron chi connectivity index (χ1n) is 13.9. The van der Waals surface area contributed by atoms with Crippen molar-refractivity contribution in [2.24, 2.45) is 11.8 Å². The van der Waals surface area contributed by atoms with Crippen molar-refractivity contribution < 1.29 is 29.0 Å². The Hall–Kier alpha value is -3.75. The minimum Gasteiger partial charge on any atom is -0.465 e. The molecule has 208 valence electrons. The van der Waals surface area contributed by atoms with Crippen LogP contribution in [0.25, 0.3) is 0 Å². The third kappa shape index (κ3) is 4.09. The first-order chi connectivity index (χ1) is 19.4. The largest absolute Gasteiger partial charge is 0.465 e. The molecule has 40 heavy (non-hydrogen) atoms. The molecule has 0 bridgehead atoms. The maximum Gasteiger partial charge on any atom is 0.312 e. The Balaban J connectivity index is 1.50. The third-order valence-corrected chi connectivity index (χ3v) is 8.69. The number of aliphatic hydroxyl groups is 1. The molecule has 4 aliphatic rings. The van der Waals surface area contributed by atoms with Gasteiger partial charge in [-0.15, -0.1) is 0 Å². The number of anilines is 1. The molecule has 2 aromatic carbocycles. The smallest absolute Gasteiger partial charge is 0.312 e. The number of cyclic esters (lactones) is 1. The summed E-state index contributed by atoms with van der Waals surface area (Å²) in [5.41, 5.74) is 2.21. The van der Waals surface area contributed by atoms with E-state index >= 15 is 0 Å². The molecule has 6 rings (SSSR count). The van der Waals surface area contributed by atoms with Gasteiger partial charge in [-0.25, -0.2) is 0 Å². The van der Waals surface area contributed by atoms with Gasteiger partial charge in [0.05, 0.1) is 31.3 Å². The van der Waals surface area contributed by atoms with Gasteiger partial charge in [-0.1, -0.05) is 72.8 Å². The molecule has 1 spiro atoms. The minimum absolute atomic E-state index is 0.224. The Morgan fingerprint density at radius 2 is 1.75 bits per heavy atom. The number of para-hydroxylation sites is 1. The number of carbonyl (C=O) groups excluding carboxylic acids is 3. The zero-order valence-electron chi connectivity index (χ0n) is 22.7. The molecule has 4 heterocycles. The Bertz CT molecular complexity index is 1370. The molecular formula is C32H34N2O6. The average molecular weight is 543 g/mol. The van der Waals surface area contributed by atoms with Crippen LogP contribution in [0.5, 0.6) is 0 Å². The second-order valence-electron chi connectivity index (χ2n) is 11.1. The number of likely N-dealkylation sites (tertiary alicyclic amines) is 1. The third-order valence-electron chi connectivity index (χ3n) is 8.69. The average Bonchev–Trinajstić information content (AvgIpc) is 3.32. The van der Waals surface area contributed by atoms with Crippen LogP contribution in [0, 0.1) is 25.7 Å². The van der Waals surface area contributed by atoms with Gasteiger partial charge in [0.15, 0.2) is 0 Å². The van der Waals surface area contributed by atoms with E-state index in [1.807, 2.05) is 86.7 Å². The van der Waals surface area contributed by atoms with E-state index in [1.54, 1.807) is 4.90 Å². The number of esters is 1. The molecule has 2 aromatic rings. The highest BCUT2D eigenvalue weighted by molar-refractivity contribution is 6.06. The minimum atomic E-state index is -1.38. The molecule has 0 radical (unpaired) electrons. The highest BCUT2D eigenvalue weighted by atomic mass is 16.6. The molecule has 8 heteroatoms. The van der Waals surface area contributed by atoms with Crippen LogP contribution < -0.4 is 4.90 Å². The molecule has 6 atom stereocenters. The number of rotatable bonds is 5. The van der Waals surface area contributed by atoms with Crippen LogP contribution in [0.3, 0.4) is 0 Å². The van der Waals surface area contributed by atoms with Crippen molar-refractivity contribution in [1.29, 1.82) is 0 Å². The number of benzene rings is 2. The summed E-state index contributed by atoms with van der Waals surface area (Å²) in [4.78, 5) is 45.7. The fourth-order valence-electron chi connectivity index (χ4n) is 7.01. The van der Waals surface area contributed by atoms with Crippen molar-refractivity contribution in [3.63, 3.8) is 0 Å². The fourth-order valence-corrected chi connectivity index (χ4v) is 7.01. The number of carbonyl (C=O) groups is 3. The van der Waals surface area contributed by atoms with E-state index in [0.717, 1.165) is 22.4 Å². The summed E-state index contributed by atoms with van der Waals surface area (Å²) in [5, 5.41) is 10.6. The van der Waals surface area contributed by atoms with Gasteiger partial charge in [-0.05, 0) is 43.4 Å². The summed E-state index contributed by atoms with van der Waals surface area (Å²) in [6.07, 6.45) is 7.61. The van der Waals surface area contributed by atoms with Crippen molar-refractivity contribution in [2.45, 2.75) is 50.5 Å². The molecule has 2 fully saturated rings. The molecule has 0 aromatic heterocycles. The predicted molar refractivity (Wildman–Crippen MR) is 148 cm³/mol. The molecule has 2 amide bonds. The lowest BCUT2D eigenvalue weighted by molar-refractivity contribution is -0.155. The lowest BCUT2D eigenvalue weighted by Gasteiger charge is -2.39. The van der Waals surface area contributed by atoms with Gasteiger partial charge in [-0.2, -0.15) is 0 Å². The van der Waals surface area contributed by atoms with Crippen LogP contribution in [-0.4, -0.2) is 71.3 Å². The van der Waals surface area contributed by atoms with Gasteiger partial charge in [0, 0.05) is 12.2 Å². The van der Waals surface area contributed by atoms with Gasteiger partial charge in [0.25, 0.3) is 5.91 Å². The Kier molecular flexibility index (Phi) is 6.84.